The van der Waals surface area contributed by atoms with Crippen LogP contribution >= 0.6 is 11.3 Å². The first-order chi connectivity index (χ1) is 8.91. The Morgan fingerprint density at radius 1 is 1.37 bits per heavy atom. The van der Waals surface area contributed by atoms with Gasteiger partial charge in [-0.25, -0.2) is 9.48 Å². The van der Waals surface area contributed by atoms with Crippen molar-refractivity contribution in [2.24, 2.45) is 0 Å². The van der Waals surface area contributed by atoms with Crippen molar-refractivity contribution in [3.05, 3.63) is 53.7 Å². The van der Waals surface area contributed by atoms with E-state index < -0.39 is 5.97 Å². The minimum absolute atomic E-state index is 0.0420. The number of aromatic amines is 1. The molecule has 0 bridgehead atoms. The van der Waals surface area contributed by atoms with Crippen LogP contribution in [0.15, 0.2) is 21.0 Å². The first-order valence-corrected chi connectivity index (χ1v) is 6.39. The summed E-state index contributed by atoms with van der Waals surface area (Å²) in [5.74, 6) is -1.04. The van der Waals surface area contributed by atoms with Crippen molar-refractivity contribution in [1.29, 1.82) is 0 Å². The summed E-state index contributed by atoms with van der Waals surface area (Å²) < 4.78 is 1.14. The number of H-pyrrole nitrogens is 1. The SMILES string of the molecule is Cc1c(C)c(=O)n(Cc2ccsc2C(=O)O)[nH]c1=O. The Kier molecular flexibility index (Phi) is 3.39. The normalized spacial score (nSPS) is 10.6. The van der Waals surface area contributed by atoms with Gasteiger partial charge in [0.15, 0.2) is 0 Å². The molecule has 0 aliphatic heterocycles. The van der Waals surface area contributed by atoms with Gasteiger partial charge in [-0.3, -0.25) is 14.7 Å². The molecule has 0 unspecified atom stereocenters. The van der Waals surface area contributed by atoms with Crippen molar-refractivity contribution in [2.45, 2.75) is 20.4 Å². The fourth-order valence-electron chi connectivity index (χ4n) is 1.72. The molecule has 100 valence electrons. The Bertz CT molecular complexity index is 754. The van der Waals surface area contributed by atoms with Gasteiger partial charge in [0.2, 0.25) is 0 Å². The highest BCUT2D eigenvalue weighted by molar-refractivity contribution is 7.12. The number of rotatable bonds is 3. The summed E-state index contributed by atoms with van der Waals surface area (Å²) in [4.78, 5) is 34.8. The Hall–Kier alpha value is -2.15. The lowest BCUT2D eigenvalue weighted by atomic mass is 10.2. The standard InChI is InChI=1S/C12H12N2O4S/c1-6-7(2)11(16)14(13-10(6)15)5-8-3-4-19-9(8)12(17)18/h3-4H,5H2,1-2H3,(H,13,15)(H,17,18). The lowest BCUT2D eigenvalue weighted by molar-refractivity contribution is 0.0701. The predicted molar refractivity (Wildman–Crippen MR) is 71.2 cm³/mol. The lowest BCUT2D eigenvalue weighted by Crippen LogP contribution is -2.33. The number of carboxylic acid groups (broad SMARTS) is 1. The van der Waals surface area contributed by atoms with Crippen molar-refractivity contribution < 1.29 is 9.90 Å². The van der Waals surface area contributed by atoms with Crippen molar-refractivity contribution in [2.75, 3.05) is 0 Å². The quantitative estimate of drug-likeness (QED) is 0.876. The zero-order chi connectivity index (χ0) is 14.2. The maximum absolute atomic E-state index is 12.0. The summed E-state index contributed by atoms with van der Waals surface area (Å²) in [5, 5.41) is 13.1. The molecule has 0 aliphatic carbocycles. The minimum Gasteiger partial charge on any atom is -0.477 e. The zero-order valence-corrected chi connectivity index (χ0v) is 11.2. The van der Waals surface area contributed by atoms with Crippen LogP contribution in [0.2, 0.25) is 0 Å². The van der Waals surface area contributed by atoms with E-state index >= 15 is 0 Å². The lowest BCUT2D eigenvalue weighted by Gasteiger charge is -2.07. The van der Waals surface area contributed by atoms with Crippen molar-refractivity contribution in [1.82, 2.24) is 9.78 Å². The van der Waals surface area contributed by atoms with Crippen molar-refractivity contribution >= 4 is 17.3 Å². The summed E-state index contributed by atoms with van der Waals surface area (Å²) in [6.07, 6.45) is 0. The van der Waals surface area contributed by atoms with Crippen LogP contribution in [0.4, 0.5) is 0 Å². The largest absolute Gasteiger partial charge is 0.477 e. The molecule has 0 radical (unpaired) electrons. The van der Waals surface area contributed by atoms with Crippen LogP contribution in [-0.4, -0.2) is 20.9 Å². The zero-order valence-electron chi connectivity index (χ0n) is 10.4. The topological polar surface area (TPSA) is 92.2 Å². The minimum atomic E-state index is -1.04. The molecule has 0 saturated heterocycles. The van der Waals surface area contributed by atoms with Crippen LogP contribution < -0.4 is 11.1 Å². The average Bonchev–Trinajstić information content (AvgIpc) is 2.81. The van der Waals surface area contributed by atoms with E-state index in [4.69, 9.17) is 5.11 Å². The van der Waals surface area contributed by atoms with Crippen LogP contribution in [-0.2, 0) is 6.54 Å². The molecule has 0 saturated carbocycles. The number of nitrogens with one attached hydrogen (secondary N) is 1. The summed E-state index contributed by atoms with van der Waals surface area (Å²) in [6, 6.07) is 1.63. The molecule has 0 atom stereocenters. The molecular weight excluding hydrogens is 268 g/mol. The first kappa shape index (κ1) is 13.3. The van der Waals surface area contributed by atoms with Crippen LogP contribution in [0.3, 0.4) is 0 Å². The van der Waals surface area contributed by atoms with Gasteiger partial charge in [-0.2, -0.15) is 0 Å². The van der Waals surface area contributed by atoms with Gasteiger partial charge in [0.25, 0.3) is 11.1 Å². The third-order valence-electron chi connectivity index (χ3n) is 2.98. The van der Waals surface area contributed by atoms with E-state index in [1.165, 1.54) is 0 Å². The molecule has 0 amide bonds. The maximum Gasteiger partial charge on any atom is 0.346 e. The third-order valence-corrected chi connectivity index (χ3v) is 3.92. The van der Waals surface area contributed by atoms with E-state index in [1.54, 1.807) is 25.3 Å². The number of hydrogen-bond acceptors (Lipinski definition) is 4. The second-order valence-corrected chi connectivity index (χ2v) is 5.08. The molecule has 0 fully saturated rings. The highest BCUT2D eigenvalue weighted by Gasteiger charge is 2.14. The van der Waals surface area contributed by atoms with Crippen molar-refractivity contribution in [3.63, 3.8) is 0 Å². The Labute approximate surface area is 111 Å². The molecule has 2 rings (SSSR count). The van der Waals surface area contributed by atoms with E-state index in [9.17, 15) is 14.4 Å². The second kappa shape index (κ2) is 4.85. The number of aromatic nitrogens is 2. The predicted octanol–water partition coefficient (Wildman–Crippen LogP) is 0.961. The summed E-state index contributed by atoms with van der Waals surface area (Å²) >= 11 is 1.09. The van der Waals surface area contributed by atoms with E-state index in [2.05, 4.69) is 5.10 Å². The average molecular weight is 280 g/mol. The molecule has 2 heterocycles. The molecule has 6 nitrogen and oxygen atoms in total. The second-order valence-electron chi connectivity index (χ2n) is 4.16. The van der Waals surface area contributed by atoms with E-state index in [-0.39, 0.29) is 22.5 Å². The van der Waals surface area contributed by atoms with Gasteiger partial charge in [-0.05, 0) is 30.9 Å². The van der Waals surface area contributed by atoms with Crippen molar-refractivity contribution in [3.8, 4) is 0 Å². The van der Waals surface area contributed by atoms with E-state index in [0.29, 0.717) is 16.7 Å². The summed E-state index contributed by atoms with van der Waals surface area (Å²) in [7, 11) is 0. The van der Waals surface area contributed by atoms with Crippen LogP contribution in [0.1, 0.15) is 26.4 Å². The van der Waals surface area contributed by atoms with Gasteiger partial charge < -0.3 is 5.11 Å². The number of hydrogen-bond donors (Lipinski definition) is 2. The van der Waals surface area contributed by atoms with E-state index in [1.807, 2.05) is 0 Å². The number of carbonyl (C=O) groups is 1. The molecule has 0 aromatic carbocycles. The summed E-state index contributed by atoms with van der Waals surface area (Å²) in [5.41, 5.74) is 0.586. The fourth-order valence-corrected chi connectivity index (χ4v) is 2.47. The van der Waals surface area contributed by atoms with Gasteiger partial charge in [0.05, 0.1) is 6.54 Å². The number of nitrogens with zero attached hydrogens (tertiary/aromatic N) is 1. The molecule has 19 heavy (non-hydrogen) atoms. The van der Waals surface area contributed by atoms with Crippen LogP contribution in [0.25, 0.3) is 0 Å². The van der Waals surface area contributed by atoms with Crippen LogP contribution in [0, 0.1) is 13.8 Å². The molecule has 2 aromatic heterocycles. The molecule has 0 aliphatic rings. The first-order valence-electron chi connectivity index (χ1n) is 5.51. The third kappa shape index (κ3) is 2.37. The molecular formula is C12H12N2O4S. The van der Waals surface area contributed by atoms with Crippen LogP contribution in [0.5, 0.6) is 0 Å². The molecule has 2 aromatic rings. The molecule has 7 heteroatoms. The fraction of sp³-hybridized carbons (Fsp3) is 0.250. The monoisotopic (exact) mass is 280 g/mol. The number of aromatic carboxylic acids is 1. The van der Waals surface area contributed by atoms with Gasteiger partial charge in [-0.15, -0.1) is 11.3 Å². The highest BCUT2D eigenvalue weighted by atomic mass is 32.1. The maximum atomic E-state index is 12.0. The smallest absolute Gasteiger partial charge is 0.346 e. The highest BCUT2D eigenvalue weighted by Crippen LogP contribution is 2.17. The Balaban J connectivity index is 2.51. The summed E-state index contributed by atoms with van der Waals surface area (Å²) in [6.45, 7) is 3.20. The van der Waals surface area contributed by atoms with Gasteiger partial charge >= 0.3 is 5.97 Å². The van der Waals surface area contributed by atoms with E-state index in [0.717, 1.165) is 16.0 Å². The molecule has 0 spiro atoms. The Morgan fingerprint density at radius 3 is 2.68 bits per heavy atom. The van der Waals surface area contributed by atoms with Gasteiger partial charge in [-0.1, -0.05) is 0 Å². The molecule has 2 N–H and O–H groups in total. The number of thiophene rings is 1. The van der Waals surface area contributed by atoms with Gasteiger partial charge in [0, 0.05) is 11.1 Å². The number of carboxylic acids is 1. The Morgan fingerprint density at radius 2 is 2.05 bits per heavy atom. The van der Waals surface area contributed by atoms with Gasteiger partial charge in [0.1, 0.15) is 4.88 Å².